The minimum absolute atomic E-state index is 0.443. The summed E-state index contributed by atoms with van der Waals surface area (Å²) in [5, 5.41) is 12.7. The second kappa shape index (κ2) is 5.39. The predicted octanol–water partition coefficient (Wildman–Crippen LogP) is 3.56. The maximum atomic E-state index is 9.24. The first-order valence-electron chi connectivity index (χ1n) is 6.79. The van der Waals surface area contributed by atoms with Gasteiger partial charge in [-0.25, -0.2) is 4.98 Å². The Morgan fingerprint density at radius 2 is 2.22 bits per heavy atom. The molecular formula is C15H21N3. The van der Waals surface area contributed by atoms with E-state index in [0.29, 0.717) is 11.6 Å². The van der Waals surface area contributed by atoms with Crippen LogP contribution >= 0.6 is 0 Å². The van der Waals surface area contributed by atoms with Crippen molar-refractivity contribution < 1.29 is 0 Å². The summed E-state index contributed by atoms with van der Waals surface area (Å²) in [6, 6.07) is 4.67. The first-order chi connectivity index (χ1) is 8.63. The van der Waals surface area contributed by atoms with Crippen LogP contribution in [0.5, 0.6) is 0 Å². The molecule has 2 rings (SSSR count). The molecule has 0 spiro atoms. The number of hydrogen-bond acceptors (Lipinski definition) is 3. The highest BCUT2D eigenvalue weighted by atomic mass is 15.0. The van der Waals surface area contributed by atoms with E-state index in [1.807, 2.05) is 19.9 Å². The Balaban J connectivity index is 2.18. The van der Waals surface area contributed by atoms with Gasteiger partial charge in [0.15, 0.2) is 0 Å². The molecule has 0 amide bonds. The van der Waals surface area contributed by atoms with Crippen LogP contribution < -0.4 is 5.32 Å². The van der Waals surface area contributed by atoms with Crippen molar-refractivity contribution in [2.75, 3.05) is 5.32 Å². The fourth-order valence-corrected chi connectivity index (χ4v) is 2.36. The van der Waals surface area contributed by atoms with E-state index in [9.17, 15) is 5.26 Å². The van der Waals surface area contributed by atoms with Crippen LogP contribution in [-0.4, -0.2) is 11.0 Å². The standard InChI is InChI=1S/C15H21N3/c1-4-13(8-12-5-6-12)18-15-14(9-16)10(2)7-11(3)17-15/h7,12-13H,4-6,8H2,1-3H3,(H,17,18). The van der Waals surface area contributed by atoms with Crippen molar-refractivity contribution in [2.45, 2.75) is 52.5 Å². The molecule has 1 unspecified atom stereocenters. The van der Waals surface area contributed by atoms with Crippen molar-refractivity contribution in [3.05, 3.63) is 22.9 Å². The molecule has 3 heteroatoms. The number of nitrogens with one attached hydrogen (secondary N) is 1. The topological polar surface area (TPSA) is 48.7 Å². The minimum atomic E-state index is 0.443. The molecule has 18 heavy (non-hydrogen) atoms. The number of nitrogens with zero attached hydrogens (tertiary/aromatic N) is 2. The minimum Gasteiger partial charge on any atom is -0.366 e. The van der Waals surface area contributed by atoms with Crippen molar-refractivity contribution in [1.29, 1.82) is 5.26 Å². The maximum Gasteiger partial charge on any atom is 0.144 e. The van der Waals surface area contributed by atoms with Gasteiger partial charge in [-0.3, -0.25) is 0 Å². The van der Waals surface area contributed by atoms with Gasteiger partial charge < -0.3 is 5.32 Å². The number of pyridine rings is 1. The first-order valence-corrected chi connectivity index (χ1v) is 6.79. The van der Waals surface area contributed by atoms with E-state index in [4.69, 9.17) is 0 Å². The SMILES string of the molecule is CCC(CC1CC1)Nc1nc(C)cc(C)c1C#N. The monoisotopic (exact) mass is 243 g/mol. The zero-order valence-electron chi connectivity index (χ0n) is 11.5. The van der Waals surface area contributed by atoms with E-state index < -0.39 is 0 Å². The van der Waals surface area contributed by atoms with Gasteiger partial charge in [0.2, 0.25) is 0 Å². The van der Waals surface area contributed by atoms with Gasteiger partial charge in [0, 0.05) is 11.7 Å². The van der Waals surface area contributed by atoms with Crippen LogP contribution in [0.15, 0.2) is 6.07 Å². The van der Waals surface area contributed by atoms with E-state index in [2.05, 4.69) is 23.3 Å². The highest BCUT2D eigenvalue weighted by Crippen LogP contribution is 2.35. The molecule has 0 aliphatic heterocycles. The normalized spacial score (nSPS) is 16.1. The van der Waals surface area contributed by atoms with Gasteiger partial charge in [-0.2, -0.15) is 5.26 Å². The van der Waals surface area contributed by atoms with Crippen LogP contribution in [0.4, 0.5) is 5.82 Å². The third-order valence-electron chi connectivity index (χ3n) is 3.60. The number of rotatable bonds is 5. The molecule has 1 atom stereocenters. The van der Waals surface area contributed by atoms with Crippen molar-refractivity contribution in [3.63, 3.8) is 0 Å². The summed E-state index contributed by atoms with van der Waals surface area (Å²) in [4.78, 5) is 4.49. The first kappa shape index (κ1) is 12.9. The second-order valence-corrected chi connectivity index (χ2v) is 5.34. The van der Waals surface area contributed by atoms with E-state index in [-0.39, 0.29) is 0 Å². The third-order valence-corrected chi connectivity index (χ3v) is 3.60. The van der Waals surface area contributed by atoms with E-state index in [1.165, 1.54) is 19.3 Å². The zero-order chi connectivity index (χ0) is 13.1. The summed E-state index contributed by atoms with van der Waals surface area (Å²) in [7, 11) is 0. The molecule has 1 aromatic rings. The molecule has 1 aliphatic carbocycles. The molecular weight excluding hydrogens is 222 g/mol. The lowest BCUT2D eigenvalue weighted by atomic mass is 10.1. The summed E-state index contributed by atoms with van der Waals surface area (Å²) >= 11 is 0. The van der Waals surface area contributed by atoms with Crippen LogP contribution in [0.2, 0.25) is 0 Å². The molecule has 0 aromatic carbocycles. The molecule has 1 fully saturated rings. The van der Waals surface area contributed by atoms with Crippen LogP contribution in [0.1, 0.15) is 49.4 Å². The molecule has 1 saturated carbocycles. The molecule has 1 N–H and O–H groups in total. The Kier molecular flexibility index (Phi) is 3.86. The van der Waals surface area contributed by atoms with Gasteiger partial charge in [0.05, 0.1) is 5.56 Å². The van der Waals surface area contributed by atoms with Gasteiger partial charge in [0.25, 0.3) is 0 Å². The third kappa shape index (κ3) is 3.01. The largest absolute Gasteiger partial charge is 0.366 e. The molecule has 0 radical (unpaired) electrons. The van der Waals surface area contributed by atoms with Gasteiger partial charge >= 0.3 is 0 Å². The van der Waals surface area contributed by atoms with Crippen molar-refractivity contribution in [2.24, 2.45) is 5.92 Å². The van der Waals surface area contributed by atoms with E-state index >= 15 is 0 Å². The second-order valence-electron chi connectivity index (χ2n) is 5.34. The van der Waals surface area contributed by atoms with Gasteiger partial charge in [0.1, 0.15) is 11.9 Å². The summed E-state index contributed by atoms with van der Waals surface area (Å²) in [5.41, 5.74) is 2.67. The van der Waals surface area contributed by atoms with Crippen LogP contribution in [0.25, 0.3) is 0 Å². The number of hydrogen-bond donors (Lipinski definition) is 1. The summed E-state index contributed by atoms with van der Waals surface area (Å²) in [6.45, 7) is 6.14. The van der Waals surface area contributed by atoms with Crippen molar-refractivity contribution in [3.8, 4) is 6.07 Å². The number of aromatic nitrogens is 1. The zero-order valence-corrected chi connectivity index (χ0v) is 11.5. The molecule has 96 valence electrons. The Bertz CT molecular complexity index is 469. The van der Waals surface area contributed by atoms with Gasteiger partial charge in [-0.1, -0.05) is 19.8 Å². The van der Waals surface area contributed by atoms with Gasteiger partial charge in [-0.05, 0) is 44.2 Å². The van der Waals surface area contributed by atoms with E-state index in [0.717, 1.165) is 29.4 Å². The van der Waals surface area contributed by atoms with Crippen LogP contribution in [0.3, 0.4) is 0 Å². The van der Waals surface area contributed by atoms with Gasteiger partial charge in [-0.15, -0.1) is 0 Å². The smallest absolute Gasteiger partial charge is 0.144 e. The van der Waals surface area contributed by atoms with Crippen LogP contribution in [0, 0.1) is 31.1 Å². The quantitative estimate of drug-likeness (QED) is 0.860. The number of aryl methyl sites for hydroxylation is 2. The molecule has 3 nitrogen and oxygen atoms in total. The lowest BCUT2D eigenvalue weighted by Gasteiger charge is -2.19. The highest BCUT2D eigenvalue weighted by molar-refractivity contribution is 5.56. The lowest BCUT2D eigenvalue weighted by Crippen LogP contribution is -2.21. The summed E-state index contributed by atoms with van der Waals surface area (Å²) in [6.07, 6.45) is 5.01. The summed E-state index contributed by atoms with van der Waals surface area (Å²) in [5.74, 6) is 1.65. The molecule has 0 saturated heterocycles. The molecule has 1 aliphatic rings. The lowest BCUT2D eigenvalue weighted by molar-refractivity contribution is 0.585. The Labute approximate surface area is 109 Å². The Hall–Kier alpha value is -1.56. The molecule has 0 bridgehead atoms. The fraction of sp³-hybridized carbons (Fsp3) is 0.600. The summed E-state index contributed by atoms with van der Waals surface area (Å²) < 4.78 is 0. The van der Waals surface area contributed by atoms with Crippen molar-refractivity contribution in [1.82, 2.24) is 4.98 Å². The Morgan fingerprint density at radius 3 is 2.78 bits per heavy atom. The average molecular weight is 243 g/mol. The Morgan fingerprint density at radius 1 is 1.50 bits per heavy atom. The number of nitriles is 1. The molecule has 1 aromatic heterocycles. The van der Waals surface area contributed by atoms with Crippen LogP contribution in [-0.2, 0) is 0 Å². The van der Waals surface area contributed by atoms with E-state index in [1.54, 1.807) is 0 Å². The van der Waals surface area contributed by atoms with Crippen molar-refractivity contribution >= 4 is 5.82 Å². The fourth-order valence-electron chi connectivity index (χ4n) is 2.36. The predicted molar refractivity (Wildman–Crippen MR) is 73.5 cm³/mol. The number of anilines is 1. The highest BCUT2D eigenvalue weighted by Gasteiger charge is 2.25. The maximum absolute atomic E-state index is 9.24. The average Bonchev–Trinajstić information content (AvgIpc) is 3.11. The molecule has 1 heterocycles.